The molecule has 0 fully saturated rings. The van der Waals surface area contributed by atoms with E-state index >= 15 is 0 Å². The number of hydrogen-bond donors (Lipinski definition) is 2. The lowest BCUT2D eigenvalue weighted by molar-refractivity contribution is -0.144. The normalized spacial score (nSPS) is 11.9. The van der Waals surface area contributed by atoms with Crippen molar-refractivity contribution < 1.29 is 14.3 Å². The van der Waals surface area contributed by atoms with Crippen LogP contribution in [0.1, 0.15) is 11.1 Å². The largest absolute Gasteiger partial charge is 0.467 e. The van der Waals surface area contributed by atoms with Gasteiger partial charge in [0.1, 0.15) is 6.04 Å². The Hall–Kier alpha value is -3.52. The van der Waals surface area contributed by atoms with E-state index in [2.05, 4.69) is 15.3 Å². The number of esters is 1. The highest BCUT2D eigenvalue weighted by molar-refractivity contribution is 7.99. The Balaban J connectivity index is 1.43. The van der Waals surface area contributed by atoms with Crippen molar-refractivity contribution in [2.24, 2.45) is 0 Å². The van der Waals surface area contributed by atoms with E-state index in [-0.39, 0.29) is 11.7 Å². The Bertz CT molecular complexity index is 1250. The van der Waals surface area contributed by atoms with Crippen LogP contribution in [0.3, 0.4) is 0 Å². The molecule has 7 nitrogen and oxygen atoms in total. The highest BCUT2D eigenvalue weighted by Gasteiger charge is 2.23. The van der Waals surface area contributed by atoms with Crippen molar-refractivity contribution in [3.05, 3.63) is 78.2 Å². The van der Waals surface area contributed by atoms with Gasteiger partial charge in [0.2, 0.25) is 5.91 Å². The van der Waals surface area contributed by atoms with E-state index < -0.39 is 12.0 Å². The molecule has 0 bridgehead atoms. The molecule has 0 saturated carbocycles. The number of hydrogen-bond acceptors (Lipinski definition) is 5. The van der Waals surface area contributed by atoms with Crippen LogP contribution in [0.2, 0.25) is 0 Å². The SMILES string of the molecule is COC(=O)C(Cc1c[nH]c2ccccc12)NC(=O)CSc1nccn1-c1ccccc1C. The average Bonchev–Trinajstić information content (AvgIpc) is 3.44. The van der Waals surface area contributed by atoms with Crippen LogP contribution in [0.15, 0.2) is 72.3 Å². The molecule has 1 amide bonds. The van der Waals surface area contributed by atoms with Gasteiger partial charge in [-0.3, -0.25) is 9.36 Å². The predicted octanol–water partition coefficient (Wildman–Crippen LogP) is 3.65. The van der Waals surface area contributed by atoms with Gasteiger partial charge in [0.05, 0.1) is 18.6 Å². The summed E-state index contributed by atoms with van der Waals surface area (Å²) in [6.07, 6.45) is 5.78. The van der Waals surface area contributed by atoms with Gasteiger partial charge in [0.25, 0.3) is 0 Å². The quantitative estimate of drug-likeness (QED) is 0.317. The van der Waals surface area contributed by atoms with Gasteiger partial charge >= 0.3 is 5.97 Å². The molecular formula is C24H24N4O3S. The first-order valence-corrected chi connectivity index (χ1v) is 11.2. The number of para-hydroxylation sites is 2. The Morgan fingerprint density at radius 3 is 2.78 bits per heavy atom. The maximum absolute atomic E-state index is 12.7. The van der Waals surface area contributed by atoms with E-state index in [1.165, 1.54) is 18.9 Å². The van der Waals surface area contributed by atoms with Gasteiger partial charge in [-0.25, -0.2) is 9.78 Å². The molecule has 164 valence electrons. The number of thioether (sulfide) groups is 1. The number of ether oxygens (including phenoxy) is 1. The minimum Gasteiger partial charge on any atom is -0.467 e. The Labute approximate surface area is 190 Å². The fourth-order valence-electron chi connectivity index (χ4n) is 3.64. The van der Waals surface area contributed by atoms with Gasteiger partial charge in [-0.1, -0.05) is 48.2 Å². The summed E-state index contributed by atoms with van der Waals surface area (Å²) < 4.78 is 6.88. The van der Waals surface area contributed by atoms with Gasteiger partial charge in [0.15, 0.2) is 5.16 Å². The third-order valence-corrected chi connectivity index (χ3v) is 6.20. The van der Waals surface area contributed by atoms with Crippen molar-refractivity contribution in [3.63, 3.8) is 0 Å². The molecule has 1 unspecified atom stereocenters. The van der Waals surface area contributed by atoms with E-state index in [1.54, 1.807) is 6.20 Å². The fraction of sp³-hybridized carbons (Fsp3) is 0.208. The maximum Gasteiger partial charge on any atom is 0.328 e. The first-order chi connectivity index (χ1) is 15.6. The van der Waals surface area contributed by atoms with Crippen LogP contribution in [0.5, 0.6) is 0 Å². The van der Waals surface area contributed by atoms with E-state index in [0.29, 0.717) is 11.6 Å². The molecule has 0 aliphatic heterocycles. The summed E-state index contributed by atoms with van der Waals surface area (Å²) in [5.41, 5.74) is 4.05. The first-order valence-electron chi connectivity index (χ1n) is 10.2. The summed E-state index contributed by atoms with van der Waals surface area (Å²) in [5, 5.41) is 4.55. The summed E-state index contributed by atoms with van der Waals surface area (Å²) >= 11 is 1.32. The van der Waals surface area contributed by atoms with Crippen LogP contribution in [0, 0.1) is 6.92 Å². The molecule has 4 aromatic rings. The lowest BCUT2D eigenvalue weighted by atomic mass is 10.0. The molecule has 2 heterocycles. The van der Waals surface area contributed by atoms with Crippen LogP contribution in [0.4, 0.5) is 0 Å². The zero-order valence-corrected chi connectivity index (χ0v) is 18.7. The summed E-state index contributed by atoms with van der Waals surface area (Å²) in [6.45, 7) is 2.03. The molecular weight excluding hydrogens is 424 g/mol. The number of aromatic amines is 1. The summed E-state index contributed by atoms with van der Waals surface area (Å²) in [7, 11) is 1.32. The van der Waals surface area contributed by atoms with Gasteiger partial charge in [-0.05, 0) is 30.2 Å². The standard InChI is InChI=1S/C24H24N4O3S/c1-16-7-3-6-10-21(16)28-12-11-25-24(28)32-15-22(29)27-20(23(30)31-2)13-17-14-26-19-9-5-4-8-18(17)19/h3-12,14,20,26H,13,15H2,1-2H3,(H,27,29). The molecule has 32 heavy (non-hydrogen) atoms. The Morgan fingerprint density at radius 1 is 1.19 bits per heavy atom. The van der Waals surface area contributed by atoms with Gasteiger partial charge < -0.3 is 15.0 Å². The summed E-state index contributed by atoms with van der Waals surface area (Å²) in [5.74, 6) is -0.607. The van der Waals surface area contributed by atoms with Crippen LogP contribution < -0.4 is 5.32 Å². The molecule has 0 spiro atoms. The number of methoxy groups -OCH3 is 1. The van der Waals surface area contributed by atoms with Crippen molar-refractivity contribution >= 4 is 34.5 Å². The number of aryl methyl sites for hydroxylation is 1. The number of imidazole rings is 1. The van der Waals surface area contributed by atoms with Crippen molar-refractivity contribution in [2.75, 3.05) is 12.9 Å². The average molecular weight is 449 g/mol. The maximum atomic E-state index is 12.7. The second-order valence-electron chi connectivity index (χ2n) is 7.36. The molecule has 2 N–H and O–H groups in total. The van der Waals surface area contributed by atoms with Crippen LogP contribution in [-0.4, -0.2) is 45.3 Å². The molecule has 1 atom stereocenters. The predicted molar refractivity (Wildman–Crippen MR) is 125 cm³/mol. The number of nitrogens with zero attached hydrogens (tertiary/aromatic N) is 2. The zero-order valence-electron chi connectivity index (χ0n) is 17.9. The smallest absolute Gasteiger partial charge is 0.328 e. The van der Waals surface area contributed by atoms with E-state index in [1.807, 2.05) is 72.4 Å². The number of H-pyrrole nitrogens is 1. The van der Waals surface area contributed by atoms with E-state index in [0.717, 1.165) is 27.7 Å². The van der Waals surface area contributed by atoms with Crippen molar-refractivity contribution in [3.8, 4) is 5.69 Å². The highest BCUT2D eigenvalue weighted by Crippen LogP contribution is 2.23. The topological polar surface area (TPSA) is 89.0 Å². The number of aromatic nitrogens is 3. The van der Waals surface area contributed by atoms with Gasteiger partial charge in [-0.2, -0.15) is 0 Å². The van der Waals surface area contributed by atoms with E-state index in [4.69, 9.17) is 4.74 Å². The van der Waals surface area contributed by atoms with Gasteiger partial charge in [0, 0.05) is 35.9 Å². The van der Waals surface area contributed by atoms with Crippen molar-refractivity contribution in [1.29, 1.82) is 0 Å². The van der Waals surface area contributed by atoms with Crippen molar-refractivity contribution in [1.82, 2.24) is 19.9 Å². The molecule has 8 heteroatoms. The van der Waals surface area contributed by atoms with Crippen molar-refractivity contribution in [2.45, 2.75) is 24.5 Å². The number of carbonyl (C=O) groups is 2. The molecule has 4 rings (SSSR count). The summed E-state index contributed by atoms with van der Waals surface area (Å²) in [6, 6.07) is 15.1. The molecule has 2 aromatic carbocycles. The number of benzene rings is 2. The first kappa shape index (κ1) is 21.7. The lowest BCUT2D eigenvalue weighted by Crippen LogP contribution is -2.43. The second kappa shape index (κ2) is 9.74. The Morgan fingerprint density at radius 2 is 1.97 bits per heavy atom. The van der Waals surface area contributed by atoms with E-state index in [9.17, 15) is 9.59 Å². The monoisotopic (exact) mass is 448 g/mol. The fourth-order valence-corrected chi connectivity index (χ4v) is 4.41. The third-order valence-electron chi connectivity index (χ3n) is 5.23. The molecule has 0 aliphatic carbocycles. The second-order valence-corrected chi connectivity index (χ2v) is 8.30. The van der Waals surface area contributed by atoms with Crippen LogP contribution >= 0.6 is 11.8 Å². The van der Waals surface area contributed by atoms with Crippen LogP contribution in [0.25, 0.3) is 16.6 Å². The minimum absolute atomic E-state index is 0.129. The number of rotatable bonds is 8. The minimum atomic E-state index is -0.775. The number of nitrogens with one attached hydrogen (secondary N) is 2. The molecule has 0 radical (unpaired) electrons. The molecule has 0 saturated heterocycles. The van der Waals surface area contributed by atoms with Gasteiger partial charge in [-0.15, -0.1) is 0 Å². The zero-order chi connectivity index (χ0) is 22.5. The lowest BCUT2D eigenvalue weighted by Gasteiger charge is -2.16. The molecule has 0 aliphatic rings. The third kappa shape index (κ3) is 4.70. The Kier molecular flexibility index (Phi) is 6.61. The van der Waals surface area contributed by atoms with Crippen LogP contribution in [-0.2, 0) is 20.7 Å². The molecule has 2 aromatic heterocycles. The summed E-state index contributed by atoms with van der Waals surface area (Å²) in [4.78, 5) is 32.6. The number of amides is 1. The number of fused-ring (bicyclic) bond motifs is 1. The number of carbonyl (C=O) groups excluding carboxylic acids is 2. The highest BCUT2D eigenvalue weighted by atomic mass is 32.2.